The summed E-state index contributed by atoms with van der Waals surface area (Å²) in [5.74, 6) is 0.526. The highest BCUT2D eigenvalue weighted by atomic mass is 32.2. The molecule has 1 aliphatic heterocycles. The van der Waals surface area contributed by atoms with Gasteiger partial charge in [-0.3, -0.25) is 9.03 Å². The fraction of sp³-hybridized carbons (Fsp3) is 0.368. The molecule has 27 heavy (non-hydrogen) atoms. The standard InChI is InChI=1S/C19H24N2O4S2/c1-3-15(2)16-5-11-19(12-6-16)27(24,25)20-17-7-9-18(10-8-17)21-13-4-14-26(21,22)23/h5-12,15,20H,3-4,13-14H2,1-2H3. The van der Waals surface area contributed by atoms with Crippen LogP contribution >= 0.6 is 0 Å². The molecule has 1 fully saturated rings. The van der Waals surface area contributed by atoms with Crippen LogP contribution in [-0.4, -0.2) is 29.1 Å². The van der Waals surface area contributed by atoms with E-state index >= 15 is 0 Å². The molecule has 1 atom stereocenters. The second kappa shape index (κ2) is 7.52. The Hall–Kier alpha value is -2.06. The van der Waals surface area contributed by atoms with Crippen molar-refractivity contribution in [1.82, 2.24) is 0 Å². The molecule has 0 aromatic heterocycles. The van der Waals surface area contributed by atoms with Crippen molar-refractivity contribution < 1.29 is 16.8 Å². The zero-order valence-electron chi connectivity index (χ0n) is 15.4. The number of hydrogen-bond acceptors (Lipinski definition) is 4. The van der Waals surface area contributed by atoms with E-state index in [1.165, 1.54) is 4.31 Å². The Balaban J connectivity index is 1.76. The fourth-order valence-electron chi connectivity index (χ4n) is 3.05. The maximum atomic E-state index is 12.6. The van der Waals surface area contributed by atoms with Crippen LogP contribution in [0.3, 0.4) is 0 Å². The van der Waals surface area contributed by atoms with E-state index in [4.69, 9.17) is 0 Å². The van der Waals surface area contributed by atoms with Crippen molar-refractivity contribution in [1.29, 1.82) is 0 Å². The molecule has 0 aliphatic carbocycles. The first-order valence-electron chi connectivity index (χ1n) is 8.96. The zero-order valence-corrected chi connectivity index (χ0v) is 17.1. The Bertz CT molecular complexity index is 999. The third-order valence-electron chi connectivity index (χ3n) is 4.88. The lowest BCUT2D eigenvalue weighted by Crippen LogP contribution is -2.25. The van der Waals surface area contributed by atoms with Gasteiger partial charge in [-0.1, -0.05) is 26.0 Å². The third kappa shape index (κ3) is 4.27. The molecule has 0 amide bonds. The van der Waals surface area contributed by atoms with Gasteiger partial charge in [0.2, 0.25) is 10.0 Å². The van der Waals surface area contributed by atoms with Crippen molar-refractivity contribution in [2.24, 2.45) is 0 Å². The Morgan fingerprint density at radius 2 is 1.70 bits per heavy atom. The SMILES string of the molecule is CCC(C)c1ccc(S(=O)(=O)Nc2ccc(N3CCCS3(=O)=O)cc2)cc1. The minimum absolute atomic E-state index is 0.147. The molecule has 1 unspecified atom stereocenters. The smallest absolute Gasteiger partial charge is 0.261 e. The highest BCUT2D eigenvalue weighted by Crippen LogP contribution is 2.26. The first-order valence-corrected chi connectivity index (χ1v) is 12.1. The van der Waals surface area contributed by atoms with Gasteiger partial charge in [-0.15, -0.1) is 0 Å². The second-order valence-electron chi connectivity index (χ2n) is 6.77. The van der Waals surface area contributed by atoms with Gasteiger partial charge in [0, 0.05) is 12.2 Å². The summed E-state index contributed by atoms with van der Waals surface area (Å²) in [5.41, 5.74) is 2.04. The Labute approximate surface area is 161 Å². The van der Waals surface area contributed by atoms with E-state index < -0.39 is 20.0 Å². The largest absolute Gasteiger partial charge is 0.280 e. The molecule has 8 heteroatoms. The van der Waals surface area contributed by atoms with E-state index in [1.807, 2.05) is 12.1 Å². The van der Waals surface area contributed by atoms with Crippen LogP contribution in [0.4, 0.5) is 11.4 Å². The van der Waals surface area contributed by atoms with E-state index in [-0.39, 0.29) is 10.6 Å². The average molecular weight is 409 g/mol. The van der Waals surface area contributed by atoms with Gasteiger partial charge in [0.1, 0.15) is 0 Å². The molecule has 0 bridgehead atoms. The highest BCUT2D eigenvalue weighted by Gasteiger charge is 2.28. The molecule has 6 nitrogen and oxygen atoms in total. The van der Waals surface area contributed by atoms with Gasteiger partial charge >= 0.3 is 0 Å². The van der Waals surface area contributed by atoms with Crippen molar-refractivity contribution in [3.8, 4) is 0 Å². The van der Waals surface area contributed by atoms with Crippen LogP contribution in [0.25, 0.3) is 0 Å². The number of rotatable bonds is 6. The van der Waals surface area contributed by atoms with E-state index in [0.29, 0.717) is 30.3 Å². The van der Waals surface area contributed by atoms with Gasteiger partial charge in [0.05, 0.1) is 16.3 Å². The summed E-state index contributed by atoms with van der Waals surface area (Å²) in [4.78, 5) is 0.195. The molecule has 3 rings (SSSR count). The summed E-state index contributed by atoms with van der Waals surface area (Å²) in [5, 5.41) is 0. The number of hydrogen-bond donors (Lipinski definition) is 1. The topological polar surface area (TPSA) is 83.6 Å². The molecular weight excluding hydrogens is 384 g/mol. The average Bonchev–Trinajstić information content (AvgIpc) is 3.00. The molecule has 146 valence electrons. The minimum atomic E-state index is -3.70. The van der Waals surface area contributed by atoms with Crippen molar-refractivity contribution in [3.05, 3.63) is 54.1 Å². The summed E-state index contributed by atoms with van der Waals surface area (Å²) in [7, 11) is -6.95. The molecule has 0 saturated carbocycles. The summed E-state index contributed by atoms with van der Waals surface area (Å²) in [6.45, 7) is 4.65. The van der Waals surface area contributed by atoms with Gasteiger partial charge in [0.15, 0.2) is 0 Å². The van der Waals surface area contributed by atoms with Crippen LogP contribution < -0.4 is 9.03 Å². The number of sulfonamides is 2. The molecular formula is C19H24N2O4S2. The molecule has 0 radical (unpaired) electrons. The lowest BCUT2D eigenvalue weighted by atomic mass is 9.99. The van der Waals surface area contributed by atoms with Crippen molar-refractivity contribution in [2.75, 3.05) is 21.3 Å². The van der Waals surface area contributed by atoms with E-state index in [9.17, 15) is 16.8 Å². The zero-order chi connectivity index (χ0) is 19.7. The quantitative estimate of drug-likeness (QED) is 0.792. The van der Waals surface area contributed by atoms with Crippen LogP contribution in [0, 0.1) is 0 Å². The maximum Gasteiger partial charge on any atom is 0.261 e. The summed E-state index contributed by atoms with van der Waals surface area (Å²) in [6, 6.07) is 13.3. The Morgan fingerprint density at radius 1 is 1.07 bits per heavy atom. The van der Waals surface area contributed by atoms with Crippen LogP contribution in [-0.2, 0) is 20.0 Å². The normalized spacial score (nSPS) is 17.6. The molecule has 1 saturated heterocycles. The van der Waals surface area contributed by atoms with Crippen LogP contribution in [0.2, 0.25) is 0 Å². The molecule has 1 aliphatic rings. The molecule has 0 spiro atoms. The van der Waals surface area contributed by atoms with Gasteiger partial charge in [-0.05, 0) is 60.7 Å². The number of nitrogens with zero attached hydrogens (tertiary/aromatic N) is 1. The first kappa shape index (κ1) is 19.7. The predicted octanol–water partition coefficient (Wildman–Crippen LogP) is 3.54. The van der Waals surface area contributed by atoms with E-state index in [0.717, 1.165) is 12.0 Å². The van der Waals surface area contributed by atoms with Crippen molar-refractivity contribution in [3.63, 3.8) is 0 Å². The Kier molecular flexibility index (Phi) is 5.48. The minimum Gasteiger partial charge on any atom is -0.280 e. The summed E-state index contributed by atoms with van der Waals surface area (Å²) in [6.07, 6.45) is 1.59. The molecule has 2 aromatic carbocycles. The van der Waals surface area contributed by atoms with Gasteiger partial charge in [-0.25, -0.2) is 16.8 Å². The first-order chi connectivity index (χ1) is 12.7. The monoisotopic (exact) mass is 408 g/mol. The molecule has 1 heterocycles. The van der Waals surface area contributed by atoms with Crippen LogP contribution in [0.15, 0.2) is 53.4 Å². The van der Waals surface area contributed by atoms with Gasteiger partial charge in [0.25, 0.3) is 10.0 Å². The second-order valence-corrected chi connectivity index (χ2v) is 10.5. The highest BCUT2D eigenvalue weighted by molar-refractivity contribution is 7.93. The Morgan fingerprint density at radius 3 is 2.22 bits per heavy atom. The molecule has 2 aromatic rings. The number of nitrogens with one attached hydrogen (secondary N) is 1. The maximum absolute atomic E-state index is 12.6. The van der Waals surface area contributed by atoms with Crippen molar-refractivity contribution >= 4 is 31.4 Å². The lowest BCUT2D eigenvalue weighted by Gasteiger charge is -2.17. The predicted molar refractivity (Wildman–Crippen MR) is 108 cm³/mol. The van der Waals surface area contributed by atoms with Crippen LogP contribution in [0.1, 0.15) is 38.2 Å². The van der Waals surface area contributed by atoms with E-state index in [1.54, 1.807) is 36.4 Å². The summed E-state index contributed by atoms with van der Waals surface area (Å²) < 4.78 is 53.0. The van der Waals surface area contributed by atoms with Crippen molar-refractivity contribution in [2.45, 2.75) is 37.5 Å². The lowest BCUT2D eigenvalue weighted by molar-refractivity contribution is 0.598. The van der Waals surface area contributed by atoms with Crippen LogP contribution in [0.5, 0.6) is 0 Å². The number of anilines is 2. The van der Waals surface area contributed by atoms with E-state index in [2.05, 4.69) is 18.6 Å². The van der Waals surface area contributed by atoms with Gasteiger partial charge in [-0.2, -0.15) is 0 Å². The summed E-state index contributed by atoms with van der Waals surface area (Å²) >= 11 is 0. The molecule has 1 N–H and O–H groups in total. The fourth-order valence-corrected chi connectivity index (χ4v) is 5.67. The van der Waals surface area contributed by atoms with Gasteiger partial charge < -0.3 is 0 Å². The third-order valence-corrected chi connectivity index (χ3v) is 8.15. The number of benzene rings is 2.